The lowest BCUT2D eigenvalue weighted by Crippen LogP contribution is -2.39. The molecular formula is C25H29N3O5. The van der Waals surface area contributed by atoms with Crippen LogP contribution < -0.4 is 4.74 Å². The van der Waals surface area contributed by atoms with Crippen LogP contribution in [-0.2, 0) is 14.3 Å². The van der Waals surface area contributed by atoms with E-state index in [2.05, 4.69) is 9.88 Å². The smallest absolute Gasteiger partial charge is 0.295 e. The van der Waals surface area contributed by atoms with Crippen molar-refractivity contribution in [1.82, 2.24) is 14.8 Å². The summed E-state index contributed by atoms with van der Waals surface area (Å²) in [4.78, 5) is 34.2. The zero-order chi connectivity index (χ0) is 23.4. The van der Waals surface area contributed by atoms with Gasteiger partial charge in [-0.2, -0.15) is 0 Å². The maximum Gasteiger partial charge on any atom is 0.295 e. The van der Waals surface area contributed by atoms with E-state index in [9.17, 15) is 14.7 Å². The van der Waals surface area contributed by atoms with Crippen LogP contribution in [0.2, 0.25) is 0 Å². The Morgan fingerprint density at radius 1 is 1.21 bits per heavy atom. The molecule has 1 N–H and O–H groups in total. The van der Waals surface area contributed by atoms with Gasteiger partial charge in [-0.05, 0) is 48.7 Å². The molecule has 174 valence electrons. The normalized spacial score (nSPS) is 20.9. The van der Waals surface area contributed by atoms with Gasteiger partial charge in [0.2, 0.25) is 0 Å². The van der Waals surface area contributed by atoms with E-state index in [-0.39, 0.29) is 11.3 Å². The fourth-order valence-corrected chi connectivity index (χ4v) is 4.47. The minimum absolute atomic E-state index is 0.0870. The van der Waals surface area contributed by atoms with Gasteiger partial charge in [-0.15, -0.1) is 0 Å². The number of likely N-dealkylation sites (tertiary alicyclic amines) is 1. The average molecular weight is 452 g/mol. The SMILES string of the molecule is COc1ccc(/C(O)=C2\C(=O)C(=O)N(CCCN3CCOCC3)[C@@H]2c2cccnc2)cc1C. The number of carbonyl (C=O) groups excluding carboxylic acids is 2. The number of carbonyl (C=O) groups is 2. The Bertz CT molecular complexity index is 1050. The fourth-order valence-electron chi connectivity index (χ4n) is 4.47. The van der Waals surface area contributed by atoms with Gasteiger partial charge in [-0.25, -0.2) is 0 Å². The van der Waals surface area contributed by atoms with Gasteiger partial charge in [0.05, 0.1) is 31.9 Å². The van der Waals surface area contributed by atoms with Crippen molar-refractivity contribution in [3.63, 3.8) is 0 Å². The Balaban J connectivity index is 1.66. The third kappa shape index (κ3) is 4.77. The van der Waals surface area contributed by atoms with Crippen LogP contribution in [0.25, 0.3) is 5.76 Å². The molecular weight excluding hydrogens is 422 g/mol. The third-order valence-electron chi connectivity index (χ3n) is 6.19. The van der Waals surface area contributed by atoms with Crippen molar-refractivity contribution in [2.45, 2.75) is 19.4 Å². The Labute approximate surface area is 193 Å². The quantitative estimate of drug-likeness (QED) is 0.393. The third-order valence-corrected chi connectivity index (χ3v) is 6.19. The lowest BCUT2D eigenvalue weighted by Gasteiger charge is -2.29. The molecule has 4 rings (SSSR count). The van der Waals surface area contributed by atoms with E-state index in [1.54, 1.807) is 48.7 Å². The summed E-state index contributed by atoms with van der Waals surface area (Å²) in [6.45, 7) is 6.22. The van der Waals surface area contributed by atoms with Gasteiger partial charge in [0.25, 0.3) is 11.7 Å². The number of morpholine rings is 1. The molecule has 3 heterocycles. The number of methoxy groups -OCH3 is 1. The number of hydrogen-bond donors (Lipinski definition) is 1. The zero-order valence-electron chi connectivity index (χ0n) is 19.0. The highest BCUT2D eigenvalue weighted by atomic mass is 16.5. The van der Waals surface area contributed by atoms with Gasteiger partial charge < -0.3 is 19.5 Å². The predicted molar refractivity (Wildman–Crippen MR) is 123 cm³/mol. The Morgan fingerprint density at radius 2 is 2.00 bits per heavy atom. The van der Waals surface area contributed by atoms with E-state index in [1.807, 2.05) is 13.0 Å². The number of aliphatic hydroxyl groups excluding tert-OH is 1. The summed E-state index contributed by atoms with van der Waals surface area (Å²) in [5.74, 6) is -0.790. The minimum atomic E-state index is -0.689. The molecule has 33 heavy (non-hydrogen) atoms. The van der Waals surface area contributed by atoms with Crippen LogP contribution >= 0.6 is 0 Å². The first-order valence-corrected chi connectivity index (χ1v) is 11.1. The van der Waals surface area contributed by atoms with Crippen LogP contribution in [0.4, 0.5) is 0 Å². The van der Waals surface area contributed by atoms with Crippen molar-refractivity contribution in [2.24, 2.45) is 0 Å². The zero-order valence-corrected chi connectivity index (χ0v) is 19.0. The molecule has 0 saturated carbocycles. The molecule has 0 radical (unpaired) electrons. The molecule has 2 aliphatic heterocycles. The number of ether oxygens (including phenoxy) is 2. The van der Waals surface area contributed by atoms with E-state index in [1.165, 1.54) is 0 Å². The molecule has 2 saturated heterocycles. The topological polar surface area (TPSA) is 92.2 Å². The van der Waals surface area contributed by atoms with E-state index in [0.29, 0.717) is 43.1 Å². The van der Waals surface area contributed by atoms with E-state index < -0.39 is 17.7 Å². The monoisotopic (exact) mass is 451 g/mol. The first kappa shape index (κ1) is 22.9. The summed E-state index contributed by atoms with van der Waals surface area (Å²) >= 11 is 0. The van der Waals surface area contributed by atoms with Gasteiger partial charge in [0, 0.05) is 44.1 Å². The molecule has 1 aromatic carbocycles. The molecule has 0 aliphatic carbocycles. The van der Waals surface area contributed by atoms with Gasteiger partial charge >= 0.3 is 0 Å². The lowest BCUT2D eigenvalue weighted by atomic mass is 9.95. The second-order valence-corrected chi connectivity index (χ2v) is 8.27. The van der Waals surface area contributed by atoms with Crippen molar-refractivity contribution < 1.29 is 24.2 Å². The van der Waals surface area contributed by atoms with Gasteiger partial charge in [0.15, 0.2) is 0 Å². The molecule has 1 amide bonds. The molecule has 2 aromatic rings. The van der Waals surface area contributed by atoms with Gasteiger partial charge in [0.1, 0.15) is 11.5 Å². The highest BCUT2D eigenvalue weighted by Crippen LogP contribution is 2.39. The van der Waals surface area contributed by atoms with E-state index in [0.717, 1.165) is 25.2 Å². The van der Waals surface area contributed by atoms with Crippen LogP contribution in [0, 0.1) is 6.92 Å². The summed E-state index contributed by atoms with van der Waals surface area (Å²) in [7, 11) is 1.58. The first-order chi connectivity index (χ1) is 16.0. The van der Waals surface area contributed by atoms with E-state index in [4.69, 9.17) is 9.47 Å². The minimum Gasteiger partial charge on any atom is -0.507 e. The second kappa shape index (κ2) is 10.1. The molecule has 0 spiro atoms. The highest BCUT2D eigenvalue weighted by molar-refractivity contribution is 6.46. The molecule has 1 atom stereocenters. The second-order valence-electron chi connectivity index (χ2n) is 8.27. The molecule has 2 aliphatic rings. The average Bonchev–Trinajstić information content (AvgIpc) is 3.10. The van der Waals surface area contributed by atoms with Crippen LogP contribution in [0.1, 0.15) is 29.2 Å². The molecule has 8 heteroatoms. The van der Waals surface area contributed by atoms with Crippen LogP contribution in [-0.4, -0.2) is 78.1 Å². The number of amides is 1. The van der Waals surface area contributed by atoms with Gasteiger partial charge in [-0.3, -0.25) is 19.5 Å². The van der Waals surface area contributed by atoms with Gasteiger partial charge in [-0.1, -0.05) is 6.07 Å². The Kier molecular flexibility index (Phi) is 7.05. The Hall–Kier alpha value is -3.23. The number of aryl methyl sites for hydroxylation is 1. The summed E-state index contributed by atoms with van der Waals surface area (Å²) in [5.41, 5.74) is 2.06. The predicted octanol–water partition coefficient (Wildman–Crippen LogP) is 2.54. The van der Waals surface area contributed by atoms with Crippen molar-refractivity contribution >= 4 is 17.4 Å². The largest absolute Gasteiger partial charge is 0.507 e. The molecule has 0 bridgehead atoms. The number of aromatic nitrogens is 1. The number of hydrogen-bond acceptors (Lipinski definition) is 7. The van der Waals surface area contributed by atoms with Crippen LogP contribution in [0.3, 0.4) is 0 Å². The Morgan fingerprint density at radius 3 is 2.67 bits per heavy atom. The summed E-state index contributed by atoms with van der Waals surface area (Å²) in [5, 5.41) is 11.2. The number of Topliss-reactive ketones (excluding diaryl/α,β-unsaturated/α-hetero) is 1. The lowest BCUT2D eigenvalue weighted by molar-refractivity contribution is -0.140. The van der Waals surface area contributed by atoms with Crippen LogP contribution in [0.5, 0.6) is 5.75 Å². The van der Waals surface area contributed by atoms with Crippen molar-refractivity contribution in [1.29, 1.82) is 0 Å². The van der Waals surface area contributed by atoms with E-state index >= 15 is 0 Å². The fraction of sp³-hybridized carbons (Fsp3) is 0.400. The van der Waals surface area contributed by atoms with Crippen molar-refractivity contribution in [3.8, 4) is 5.75 Å². The number of rotatable bonds is 7. The molecule has 0 unspecified atom stereocenters. The maximum absolute atomic E-state index is 13.1. The molecule has 1 aromatic heterocycles. The number of ketones is 1. The standard InChI is InChI=1S/C25H29N3O5/c1-17-15-18(6-7-20(17)32-2)23(29)21-22(19-5-3-8-26-16-19)28(25(31)24(21)30)10-4-9-27-11-13-33-14-12-27/h3,5-8,15-16,22,29H,4,9-14H2,1-2H3/b23-21+/t22-/m1/s1. The number of aliphatic hydroxyl groups is 1. The molecule has 8 nitrogen and oxygen atoms in total. The molecule has 2 fully saturated rings. The summed E-state index contributed by atoms with van der Waals surface area (Å²) in [6.07, 6.45) is 3.99. The summed E-state index contributed by atoms with van der Waals surface area (Å²) in [6, 6.07) is 8.08. The van der Waals surface area contributed by atoms with Crippen LogP contribution in [0.15, 0.2) is 48.3 Å². The number of nitrogens with zero attached hydrogens (tertiary/aromatic N) is 3. The maximum atomic E-state index is 13.1. The van der Waals surface area contributed by atoms with Crippen molar-refractivity contribution in [2.75, 3.05) is 46.5 Å². The highest BCUT2D eigenvalue weighted by Gasteiger charge is 2.46. The number of benzene rings is 1. The number of pyridine rings is 1. The first-order valence-electron chi connectivity index (χ1n) is 11.1. The van der Waals surface area contributed by atoms with Crippen molar-refractivity contribution in [3.05, 3.63) is 65.0 Å². The summed E-state index contributed by atoms with van der Waals surface area (Å²) < 4.78 is 10.7.